The quantitative estimate of drug-likeness (QED) is 0.778. The Bertz CT molecular complexity index is 406. The Kier molecular flexibility index (Phi) is 5.38. The molecule has 6 nitrogen and oxygen atoms in total. The van der Waals surface area contributed by atoms with E-state index in [4.69, 9.17) is 15.3 Å². The first kappa shape index (κ1) is 14.8. The van der Waals surface area contributed by atoms with Gasteiger partial charge in [0.1, 0.15) is 6.10 Å². The summed E-state index contributed by atoms with van der Waals surface area (Å²) in [4.78, 5) is 21.3. The number of amidine groups is 1. The second-order valence-corrected chi connectivity index (χ2v) is 5.29. The Morgan fingerprint density at radius 2 is 2.30 bits per heavy atom. The third-order valence-corrected chi connectivity index (χ3v) is 3.63. The molecule has 0 saturated heterocycles. The SMILES string of the molecule is CCOC(=O)C1=NOC(CCC2CCCCC(N)=N2)C1. The van der Waals surface area contributed by atoms with Gasteiger partial charge in [0.05, 0.1) is 18.5 Å². The number of oxime groups is 1. The number of aliphatic imine (C=N–C) groups is 1. The first-order valence-electron chi connectivity index (χ1n) is 7.41. The molecule has 2 aliphatic heterocycles. The summed E-state index contributed by atoms with van der Waals surface area (Å²) in [5.41, 5.74) is 6.23. The molecule has 112 valence electrons. The predicted molar refractivity (Wildman–Crippen MR) is 76.7 cm³/mol. The van der Waals surface area contributed by atoms with Gasteiger partial charge in [-0.15, -0.1) is 0 Å². The van der Waals surface area contributed by atoms with Crippen molar-refractivity contribution in [2.24, 2.45) is 15.9 Å². The number of ether oxygens (including phenoxy) is 1. The minimum Gasteiger partial charge on any atom is -0.461 e. The highest BCUT2D eigenvalue weighted by Gasteiger charge is 2.27. The predicted octanol–water partition coefficient (Wildman–Crippen LogP) is 1.77. The molecule has 0 spiro atoms. The van der Waals surface area contributed by atoms with E-state index in [0.717, 1.165) is 37.9 Å². The van der Waals surface area contributed by atoms with Gasteiger partial charge in [0.2, 0.25) is 0 Å². The molecule has 0 aliphatic carbocycles. The highest BCUT2D eigenvalue weighted by Crippen LogP contribution is 2.22. The maximum absolute atomic E-state index is 11.5. The number of carbonyl (C=O) groups is 1. The van der Waals surface area contributed by atoms with E-state index < -0.39 is 0 Å². The number of nitrogens with two attached hydrogens (primary N) is 1. The summed E-state index contributed by atoms with van der Waals surface area (Å²) in [5, 5.41) is 3.81. The van der Waals surface area contributed by atoms with Crippen LogP contribution in [0.5, 0.6) is 0 Å². The lowest BCUT2D eigenvalue weighted by atomic mass is 10.0. The molecule has 2 atom stereocenters. The average molecular weight is 281 g/mol. The molecule has 2 rings (SSSR count). The van der Waals surface area contributed by atoms with Crippen LogP contribution in [0.3, 0.4) is 0 Å². The molecule has 0 aromatic rings. The van der Waals surface area contributed by atoms with Gasteiger partial charge in [0.25, 0.3) is 0 Å². The molecule has 0 bridgehead atoms. The zero-order chi connectivity index (χ0) is 14.4. The highest BCUT2D eigenvalue weighted by molar-refractivity contribution is 6.36. The van der Waals surface area contributed by atoms with Crippen molar-refractivity contribution in [3.8, 4) is 0 Å². The van der Waals surface area contributed by atoms with Crippen LogP contribution in [0, 0.1) is 0 Å². The van der Waals surface area contributed by atoms with Gasteiger partial charge in [-0.1, -0.05) is 11.6 Å². The Morgan fingerprint density at radius 1 is 1.45 bits per heavy atom. The van der Waals surface area contributed by atoms with Gasteiger partial charge in [0.15, 0.2) is 5.71 Å². The van der Waals surface area contributed by atoms with Crippen molar-refractivity contribution in [2.75, 3.05) is 6.61 Å². The molecule has 6 heteroatoms. The molecule has 20 heavy (non-hydrogen) atoms. The summed E-state index contributed by atoms with van der Waals surface area (Å²) in [6.07, 6.45) is 6.56. The number of hydrogen-bond acceptors (Lipinski definition) is 6. The van der Waals surface area contributed by atoms with Crippen molar-refractivity contribution >= 4 is 17.5 Å². The standard InChI is InChI=1S/C14H23N3O3/c1-2-19-14(18)12-9-11(20-17-12)8-7-10-5-3-4-6-13(15)16-10/h10-11H,2-9H2,1H3,(H2,15,16). The number of esters is 1. The van der Waals surface area contributed by atoms with E-state index in [1.807, 2.05) is 0 Å². The van der Waals surface area contributed by atoms with E-state index in [1.54, 1.807) is 6.92 Å². The largest absolute Gasteiger partial charge is 0.461 e. The van der Waals surface area contributed by atoms with Crippen molar-refractivity contribution in [2.45, 2.75) is 64.0 Å². The summed E-state index contributed by atoms with van der Waals surface area (Å²) in [6.45, 7) is 2.14. The fourth-order valence-corrected chi connectivity index (χ4v) is 2.55. The smallest absolute Gasteiger partial charge is 0.356 e. The zero-order valence-corrected chi connectivity index (χ0v) is 12.0. The number of rotatable bonds is 5. The van der Waals surface area contributed by atoms with Crippen molar-refractivity contribution in [3.63, 3.8) is 0 Å². The van der Waals surface area contributed by atoms with Crippen molar-refractivity contribution in [1.29, 1.82) is 0 Å². The van der Waals surface area contributed by atoms with Crippen molar-refractivity contribution in [3.05, 3.63) is 0 Å². The van der Waals surface area contributed by atoms with E-state index in [0.29, 0.717) is 18.7 Å². The van der Waals surface area contributed by atoms with Gasteiger partial charge in [-0.3, -0.25) is 4.99 Å². The molecule has 0 amide bonds. The molecule has 2 N–H and O–H groups in total. The van der Waals surface area contributed by atoms with Gasteiger partial charge in [-0.25, -0.2) is 4.79 Å². The van der Waals surface area contributed by atoms with Crippen LogP contribution in [0.1, 0.15) is 51.9 Å². The van der Waals surface area contributed by atoms with Crippen LogP contribution in [-0.2, 0) is 14.4 Å². The van der Waals surface area contributed by atoms with Crippen LogP contribution in [0.2, 0.25) is 0 Å². The molecular weight excluding hydrogens is 258 g/mol. The third-order valence-electron chi connectivity index (χ3n) is 3.63. The molecule has 0 radical (unpaired) electrons. The fraction of sp³-hybridized carbons (Fsp3) is 0.786. The molecule has 0 aromatic carbocycles. The van der Waals surface area contributed by atoms with Crippen LogP contribution in [0.4, 0.5) is 0 Å². The highest BCUT2D eigenvalue weighted by atomic mass is 16.6. The van der Waals surface area contributed by atoms with E-state index in [1.165, 1.54) is 6.42 Å². The molecule has 0 aromatic heterocycles. The summed E-state index contributed by atoms with van der Waals surface area (Å²) in [5.74, 6) is 0.398. The van der Waals surface area contributed by atoms with Gasteiger partial charge in [-0.05, 0) is 32.6 Å². The third kappa shape index (κ3) is 4.21. The Hall–Kier alpha value is -1.59. The second kappa shape index (κ2) is 7.26. The van der Waals surface area contributed by atoms with Crippen LogP contribution in [-0.4, -0.2) is 36.3 Å². The van der Waals surface area contributed by atoms with Gasteiger partial charge in [-0.2, -0.15) is 0 Å². The summed E-state index contributed by atoms with van der Waals surface area (Å²) < 4.78 is 4.91. The Morgan fingerprint density at radius 3 is 3.10 bits per heavy atom. The number of hydrogen-bond donors (Lipinski definition) is 1. The van der Waals surface area contributed by atoms with Crippen LogP contribution < -0.4 is 5.73 Å². The topological polar surface area (TPSA) is 86.3 Å². The van der Waals surface area contributed by atoms with Crippen molar-refractivity contribution in [1.82, 2.24) is 0 Å². The number of nitrogens with zero attached hydrogens (tertiary/aromatic N) is 2. The van der Waals surface area contributed by atoms with E-state index >= 15 is 0 Å². The van der Waals surface area contributed by atoms with E-state index in [2.05, 4.69) is 10.1 Å². The molecule has 0 saturated carbocycles. The minimum absolute atomic E-state index is 0.0333. The van der Waals surface area contributed by atoms with Gasteiger partial charge in [0, 0.05) is 12.8 Å². The van der Waals surface area contributed by atoms with Crippen molar-refractivity contribution < 1.29 is 14.4 Å². The van der Waals surface area contributed by atoms with E-state index in [-0.39, 0.29) is 18.1 Å². The number of carbonyl (C=O) groups excluding carboxylic acids is 1. The fourth-order valence-electron chi connectivity index (χ4n) is 2.55. The lowest BCUT2D eigenvalue weighted by Gasteiger charge is -2.13. The molecule has 2 unspecified atom stereocenters. The Labute approximate surface area is 119 Å². The normalized spacial score (nSPS) is 26.2. The summed E-state index contributed by atoms with van der Waals surface area (Å²) >= 11 is 0. The van der Waals surface area contributed by atoms with Crippen LogP contribution in [0.25, 0.3) is 0 Å². The summed E-state index contributed by atoms with van der Waals surface area (Å²) in [6, 6.07) is 0.285. The van der Waals surface area contributed by atoms with Crippen LogP contribution >= 0.6 is 0 Å². The molecule has 2 aliphatic rings. The second-order valence-electron chi connectivity index (χ2n) is 5.29. The lowest BCUT2D eigenvalue weighted by Crippen LogP contribution is -2.19. The zero-order valence-electron chi connectivity index (χ0n) is 12.0. The first-order chi connectivity index (χ1) is 9.69. The van der Waals surface area contributed by atoms with Gasteiger partial charge >= 0.3 is 5.97 Å². The summed E-state index contributed by atoms with van der Waals surface area (Å²) in [7, 11) is 0. The average Bonchev–Trinajstić information content (AvgIpc) is 2.80. The maximum atomic E-state index is 11.5. The van der Waals surface area contributed by atoms with E-state index in [9.17, 15) is 4.79 Å². The molecule has 0 fully saturated rings. The molecular formula is C14H23N3O3. The monoisotopic (exact) mass is 281 g/mol. The Balaban J connectivity index is 1.74. The molecule has 2 heterocycles. The lowest BCUT2D eigenvalue weighted by molar-refractivity contribution is -0.135. The first-order valence-corrected chi connectivity index (χ1v) is 7.41. The van der Waals surface area contributed by atoms with Crippen LogP contribution in [0.15, 0.2) is 10.1 Å². The minimum atomic E-state index is -0.369. The van der Waals surface area contributed by atoms with Gasteiger partial charge < -0.3 is 15.3 Å². The maximum Gasteiger partial charge on any atom is 0.356 e.